The van der Waals surface area contributed by atoms with Gasteiger partial charge in [-0.3, -0.25) is 9.69 Å². The minimum atomic E-state index is 0.283. The van der Waals surface area contributed by atoms with Gasteiger partial charge in [-0.05, 0) is 50.6 Å². The number of Topliss-reactive ketones (excluding diaryl/α,β-unsaturated/α-hetero) is 1. The van der Waals surface area contributed by atoms with Gasteiger partial charge in [-0.2, -0.15) is 0 Å². The van der Waals surface area contributed by atoms with E-state index in [4.69, 9.17) is 11.6 Å². The van der Waals surface area contributed by atoms with Crippen LogP contribution in [0.2, 0.25) is 5.02 Å². The zero-order chi connectivity index (χ0) is 12.3. The van der Waals surface area contributed by atoms with E-state index in [1.54, 1.807) is 6.92 Å². The molecule has 2 nitrogen and oxygen atoms in total. The Labute approximate surface area is 108 Å². The van der Waals surface area contributed by atoms with E-state index >= 15 is 0 Å². The van der Waals surface area contributed by atoms with E-state index in [1.165, 1.54) is 5.56 Å². The molecule has 17 heavy (non-hydrogen) atoms. The average molecular weight is 252 g/mol. The summed E-state index contributed by atoms with van der Waals surface area (Å²) in [4.78, 5) is 13.7. The van der Waals surface area contributed by atoms with E-state index in [2.05, 4.69) is 11.0 Å². The van der Waals surface area contributed by atoms with Crippen LogP contribution in [0.1, 0.15) is 25.3 Å². The number of likely N-dealkylation sites (tertiary alicyclic amines) is 1. The number of hydrogen-bond acceptors (Lipinski definition) is 2. The molecule has 2 rings (SSSR count). The maximum atomic E-state index is 11.3. The summed E-state index contributed by atoms with van der Waals surface area (Å²) in [7, 11) is 0. The summed E-state index contributed by atoms with van der Waals surface area (Å²) in [6, 6.07) is 7.99. The number of benzene rings is 1. The molecule has 0 amide bonds. The third kappa shape index (κ3) is 3.55. The van der Waals surface area contributed by atoms with Crippen molar-refractivity contribution in [1.29, 1.82) is 0 Å². The van der Waals surface area contributed by atoms with Gasteiger partial charge in [0.1, 0.15) is 5.78 Å². The first-order chi connectivity index (χ1) is 8.15. The summed E-state index contributed by atoms with van der Waals surface area (Å²) in [6.07, 6.45) is 1.99. The number of nitrogens with zero attached hydrogens (tertiary/aromatic N) is 1. The van der Waals surface area contributed by atoms with Crippen LogP contribution in [0.3, 0.4) is 0 Å². The first-order valence-electron chi connectivity index (χ1n) is 6.12. The summed E-state index contributed by atoms with van der Waals surface area (Å²) >= 11 is 5.96. The maximum Gasteiger partial charge on any atom is 0.133 e. The molecule has 0 atom stereocenters. The third-order valence-electron chi connectivity index (χ3n) is 3.46. The van der Waals surface area contributed by atoms with Crippen molar-refractivity contribution in [3.63, 3.8) is 0 Å². The lowest BCUT2D eigenvalue weighted by molar-refractivity contribution is -0.122. The van der Waals surface area contributed by atoms with Crippen LogP contribution in [0.5, 0.6) is 0 Å². The highest BCUT2D eigenvalue weighted by molar-refractivity contribution is 6.30. The lowest BCUT2D eigenvalue weighted by atomic mass is 9.93. The van der Waals surface area contributed by atoms with E-state index in [0.717, 1.165) is 37.5 Å². The topological polar surface area (TPSA) is 20.3 Å². The molecule has 0 aliphatic carbocycles. The number of piperidine rings is 1. The minimum Gasteiger partial charge on any atom is -0.300 e. The molecule has 0 bridgehead atoms. The molecule has 1 aliphatic rings. The normalized spacial score (nSPS) is 18.2. The Morgan fingerprint density at radius 1 is 1.41 bits per heavy atom. The molecule has 0 saturated carbocycles. The lowest BCUT2D eigenvalue weighted by Crippen LogP contribution is -2.35. The van der Waals surface area contributed by atoms with Crippen LogP contribution in [-0.4, -0.2) is 23.8 Å². The van der Waals surface area contributed by atoms with Crippen molar-refractivity contribution in [3.8, 4) is 0 Å². The Morgan fingerprint density at radius 2 is 2.12 bits per heavy atom. The molecule has 1 aromatic carbocycles. The Morgan fingerprint density at radius 3 is 2.71 bits per heavy atom. The van der Waals surface area contributed by atoms with Crippen molar-refractivity contribution in [2.45, 2.75) is 26.3 Å². The predicted molar refractivity (Wildman–Crippen MR) is 70.1 cm³/mol. The van der Waals surface area contributed by atoms with Crippen molar-refractivity contribution in [1.82, 2.24) is 4.90 Å². The molecule has 0 unspecified atom stereocenters. The van der Waals surface area contributed by atoms with Gasteiger partial charge in [0, 0.05) is 17.5 Å². The fourth-order valence-electron chi connectivity index (χ4n) is 2.39. The van der Waals surface area contributed by atoms with Crippen molar-refractivity contribution < 1.29 is 4.79 Å². The van der Waals surface area contributed by atoms with Crippen LogP contribution in [0.4, 0.5) is 0 Å². The molecule has 1 fully saturated rings. The second-order valence-electron chi connectivity index (χ2n) is 4.79. The fourth-order valence-corrected chi connectivity index (χ4v) is 2.60. The third-order valence-corrected chi connectivity index (χ3v) is 3.69. The Hall–Kier alpha value is -0.860. The van der Waals surface area contributed by atoms with Crippen LogP contribution in [0.15, 0.2) is 24.3 Å². The number of ketones is 1. The molecule has 1 aromatic rings. The second kappa shape index (κ2) is 5.65. The summed E-state index contributed by atoms with van der Waals surface area (Å²) in [6.45, 7) is 4.66. The molecule has 1 saturated heterocycles. The Bertz CT molecular complexity index is 397. The molecule has 0 aromatic heterocycles. The molecule has 0 radical (unpaired) electrons. The average Bonchev–Trinajstić information content (AvgIpc) is 2.29. The van der Waals surface area contributed by atoms with Crippen LogP contribution >= 0.6 is 11.6 Å². The number of halogens is 1. The van der Waals surface area contributed by atoms with Crippen LogP contribution in [0.25, 0.3) is 0 Å². The van der Waals surface area contributed by atoms with Gasteiger partial charge in [0.2, 0.25) is 0 Å². The Balaban J connectivity index is 1.88. The van der Waals surface area contributed by atoms with Gasteiger partial charge in [-0.15, -0.1) is 0 Å². The monoisotopic (exact) mass is 251 g/mol. The minimum absolute atomic E-state index is 0.283. The predicted octanol–water partition coefficient (Wildman–Crippen LogP) is 3.14. The fraction of sp³-hybridized carbons (Fsp3) is 0.500. The van der Waals surface area contributed by atoms with E-state index in [1.807, 2.05) is 18.2 Å². The molecular weight excluding hydrogens is 234 g/mol. The van der Waals surface area contributed by atoms with E-state index in [-0.39, 0.29) is 5.92 Å². The van der Waals surface area contributed by atoms with Crippen LogP contribution in [0, 0.1) is 5.92 Å². The number of carbonyl (C=O) groups excluding carboxylic acids is 1. The van der Waals surface area contributed by atoms with Gasteiger partial charge in [0.25, 0.3) is 0 Å². The van der Waals surface area contributed by atoms with Crippen molar-refractivity contribution in [3.05, 3.63) is 34.9 Å². The van der Waals surface area contributed by atoms with E-state index in [0.29, 0.717) is 5.78 Å². The van der Waals surface area contributed by atoms with Gasteiger partial charge in [0.05, 0.1) is 0 Å². The van der Waals surface area contributed by atoms with Crippen molar-refractivity contribution in [2.75, 3.05) is 13.1 Å². The number of carbonyl (C=O) groups is 1. The smallest absolute Gasteiger partial charge is 0.133 e. The zero-order valence-corrected chi connectivity index (χ0v) is 10.9. The standard InChI is InChI=1S/C14H18ClNO/c1-11(17)13-5-7-16(8-6-13)10-12-3-2-4-14(15)9-12/h2-4,9,13H,5-8,10H2,1H3. The SMILES string of the molecule is CC(=O)C1CCN(Cc2cccc(Cl)c2)CC1. The number of hydrogen-bond donors (Lipinski definition) is 0. The molecule has 1 heterocycles. The summed E-state index contributed by atoms with van der Waals surface area (Å²) in [5.41, 5.74) is 1.25. The van der Waals surface area contributed by atoms with Crippen LogP contribution < -0.4 is 0 Å². The van der Waals surface area contributed by atoms with Gasteiger partial charge >= 0.3 is 0 Å². The van der Waals surface area contributed by atoms with Gasteiger partial charge in [0.15, 0.2) is 0 Å². The van der Waals surface area contributed by atoms with Crippen LogP contribution in [-0.2, 0) is 11.3 Å². The van der Waals surface area contributed by atoms with E-state index < -0.39 is 0 Å². The van der Waals surface area contributed by atoms with Gasteiger partial charge in [-0.1, -0.05) is 23.7 Å². The first-order valence-corrected chi connectivity index (χ1v) is 6.50. The van der Waals surface area contributed by atoms with Gasteiger partial charge < -0.3 is 0 Å². The first kappa shape index (κ1) is 12.6. The second-order valence-corrected chi connectivity index (χ2v) is 5.23. The summed E-state index contributed by atoms with van der Waals surface area (Å²) < 4.78 is 0. The van der Waals surface area contributed by atoms with E-state index in [9.17, 15) is 4.79 Å². The molecule has 0 N–H and O–H groups in total. The van der Waals surface area contributed by atoms with Crippen molar-refractivity contribution >= 4 is 17.4 Å². The van der Waals surface area contributed by atoms with Gasteiger partial charge in [-0.25, -0.2) is 0 Å². The molecular formula is C14H18ClNO. The van der Waals surface area contributed by atoms with Crippen molar-refractivity contribution in [2.24, 2.45) is 5.92 Å². The zero-order valence-electron chi connectivity index (χ0n) is 10.2. The molecule has 3 heteroatoms. The quantitative estimate of drug-likeness (QED) is 0.823. The lowest BCUT2D eigenvalue weighted by Gasteiger charge is -2.30. The molecule has 0 spiro atoms. The summed E-state index contributed by atoms with van der Waals surface area (Å²) in [5, 5.41) is 0.793. The summed E-state index contributed by atoms with van der Waals surface area (Å²) in [5.74, 6) is 0.623. The maximum absolute atomic E-state index is 11.3. The Kier molecular flexibility index (Phi) is 4.19. The molecule has 92 valence electrons. The highest BCUT2D eigenvalue weighted by Crippen LogP contribution is 2.20. The largest absolute Gasteiger partial charge is 0.300 e. The highest BCUT2D eigenvalue weighted by Gasteiger charge is 2.22. The number of rotatable bonds is 3. The molecule has 1 aliphatic heterocycles. The highest BCUT2D eigenvalue weighted by atomic mass is 35.5.